The molecule has 45 heavy (non-hydrogen) atoms. The number of hydrogen-bond donors (Lipinski definition) is 2. The summed E-state index contributed by atoms with van der Waals surface area (Å²) in [7, 11) is 3.73. The first-order valence-electron chi connectivity index (χ1n) is 14.8. The van der Waals surface area contributed by atoms with Gasteiger partial charge in [-0.05, 0) is 46.7 Å². The minimum Gasteiger partial charge on any atom is -0.387 e. The number of hydrogen-bond acceptors (Lipinski definition) is 7. The van der Waals surface area contributed by atoms with Gasteiger partial charge in [0.15, 0.2) is 0 Å². The second kappa shape index (κ2) is 16.5. The maximum absolute atomic E-state index is 11.8. The number of carbonyl (C=O) groups excluding carboxylic acids is 1. The Kier molecular flexibility index (Phi) is 15.1. The van der Waals surface area contributed by atoms with Crippen LogP contribution in [0.15, 0.2) is 48.9 Å². The predicted molar refractivity (Wildman–Crippen MR) is 189 cm³/mol. The van der Waals surface area contributed by atoms with Gasteiger partial charge in [0.2, 0.25) is 5.78 Å². The largest absolute Gasteiger partial charge is 0.387 e. The number of nitrogens with one attached hydrogen (secondary N) is 1. The molecule has 0 aliphatic heterocycles. The van der Waals surface area contributed by atoms with Gasteiger partial charge in [0.05, 0.1) is 17.2 Å². The third kappa shape index (κ3) is 14.7. The second-order valence-electron chi connectivity index (χ2n) is 15.0. The molecular weight excluding hydrogens is 582 g/mol. The van der Waals surface area contributed by atoms with Gasteiger partial charge in [0.25, 0.3) is 0 Å². The van der Waals surface area contributed by atoms with E-state index in [1.807, 2.05) is 53.3 Å². The second-order valence-corrected chi connectivity index (χ2v) is 15.0. The van der Waals surface area contributed by atoms with E-state index in [-0.39, 0.29) is 45.7 Å². The fourth-order valence-electron chi connectivity index (χ4n) is 3.09. The molecule has 9 heteroatoms. The molecule has 246 valence electrons. The number of carbonyl (C=O) groups is 1. The van der Waals surface area contributed by atoms with Crippen LogP contribution in [0.4, 0.5) is 0 Å². The standard InChI is InChI=1S/C17H23N3.C14H18N2O.C5H12N2.ClH/c1-16(2,3)12-7-9-18-14(11-12)13-8-10-19-15(20-13)17(4,5)6;1-14(2,3)11-6-8-15-12(10-11)13(17)7-9-16(4)5;1-5(2,3)4(6)7;/h7-11H,1-6H3;7,9-10H,1-5H3;1-3H3,(H3,6,7);1H/b;9-7+;;. The summed E-state index contributed by atoms with van der Waals surface area (Å²) in [5.74, 6) is 0.972. The Morgan fingerprint density at radius 3 is 1.87 bits per heavy atom. The van der Waals surface area contributed by atoms with Crippen molar-refractivity contribution >= 4 is 24.0 Å². The first kappa shape index (κ1) is 41.2. The van der Waals surface area contributed by atoms with Gasteiger partial charge in [-0.3, -0.25) is 15.2 Å². The number of allylic oxidation sites excluding steroid dienone is 1. The highest BCUT2D eigenvalue weighted by Gasteiger charge is 2.19. The number of rotatable bonds is 4. The van der Waals surface area contributed by atoms with Gasteiger partial charge in [-0.25, -0.2) is 9.97 Å². The molecule has 0 aliphatic carbocycles. The third-order valence-electron chi connectivity index (χ3n) is 6.26. The van der Waals surface area contributed by atoms with Crippen molar-refractivity contribution in [2.75, 3.05) is 14.1 Å². The predicted octanol–water partition coefficient (Wildman–Crippen LogP) is 7.76. The number of pyridine rings is 1. The van der Waals surface area contributed by atoms with Crippen LogP contribution in [-0.2, 0) is 16.2 Å². The van der Waals surface area contributed by atoms with Crippen LogP contribution in [0.2, 0.25) is 0 Å². The fraction of sp³-hybridized carbons (Fsp3) is 0.500. The lowest BCUT2D eigenvalue weighted by Gasteiger charge is -2.20. The van der Waals surface area contributed by atoms with Gasteiger partial charge < -0.3 is 10.6 Å². The van der Waals surface area contributed by atoms with E-state index in [0.717, 1.165) is 22.8 Å². The zero-order chi connectivity index (χ0) is 34.1. The number of nitrogens with zero attached hydrogens (tertiary/aromatic N) is 5. The Hall–Kier alpha value is -3.83. The monoisotopic (exact) mass is 635 g/mol. The molecule has 3 rings (SSSR count). The Bertz CT molecular complexity index is 1370. The van der Waals surface area contributed by atoms with Crippen LogP contribution in [0, 0.1) is 23.1 Å². The Morgan fingerprint density at radius 1 is 0.844 bits per heavy atom. The molecule has 0 aliphatic rings. The fourth-order valence-corrected chi connectivity index (χ4v) is 3.09. The lowest BCUT2D eigenvalue weighted by molar-refractivity contribution is 0.104. The first-order chi connectivity index (χ1) is 19.9. The summed E-state index contributed by atoms with van der Waals surface area (Å²) in [5.41, 5.74) is 9.41. The number of aromatic nitrogens is 4. The Labute approximate surface area is 278 Å². The van der Waals surface area contributed by atoms with E-state index in [4.69, 9.17) is 11.1 Å². The third-order valence-corrected chi connectivity index (χ3v) is 6.26. The van der Waals surface area contributed by atoms with Gasteiger partial charge in [-0.1, -0.05) is 83.1 Å². The molecule has 0 saturated heterocycles. The summed E-state index contributed by atoms with van der Waals surface area (Å²) in [5, 5.41) is 6.92. The summed E-state index contributed by atoms with van der Waals surface area (Å²) < 4.78 is 0. The van der Waals surface area contributed by atoms with Crippen LogP contribution in [-0.4, -0.2) is 50.6 Å². The van der Waals surface area contributed by atoms with Crippen molar-refractivity contribution in [3.8, 4) is 11.4 Å². The maximum Gasteiger partial charge on any atom is 0.206 e. The molecule has 0 spiro atoms. The van der Waals surface area contributed by atoms with Crippen molar-refractivity contribution in [1.29, 1.82) is 5.41 Å². The summed E-state index contributed by atoms with van der Waals surface area (Å²) >= 11 is 0. The highest BCUT2D eigenvalue weighted by Crippen LogP contribution is 2.26. The quantitative estimate of drug-likeness (QED) is 0.130. The van der Waals surface area contributed by atoms with Crippen LogP contribution in [0.1, 0.15) is 111 Å². The molecule has 0 amide bonds. The smallest absolute Gasteiger partial charge is 0.206 e. The maximum atomic E-state index is 11.8. The zero-order valence-corrected chi connectivity index (χ0v) is 30.6. The van der Waals surface area contributed by atoms with Crippen molar-refractivity contribution in [3.63, 3.8) is 0 Å². The van der Waals surface area contributed by atoms with E-state index in [1.165, 1.54) is 11.6 Å². The van der Waals surface area contributed by atoms with Crippen LogP contribution in [0.5, 0.6) is 0 Å². The zero-order valence-electron chi connectivity index (χ0n) is 29.7. The number of amidine groups is 1. The molecule has 0 fully saturated rings. The SMILES string of the molecule is CC(C)(C)C(=N)N.CC(C)(C)c1ccnc(-c2ccnc(C(C)(C)C)n2)c1.CN(C)/C=C/C(=O)c1cc(C(C)(C)C)c#cn1.Cl. The van der Waals surface area contributed by atoms with Gasteiger partial charge in [0.1, 0.15) is 11.5 Å². The van der Waals surface area contributed by atoms with Crippen molar-refractivity contribution in [3.05, 3.63) is 83.8 Å². The number of nitrogens with two attached hydrogens (primary N) is 1. The van der Waals surface area contributed by atoms with Gasteiger partial charge >= 0.3 is 0 Å². The highest BCUT2D eigenvalue weighted by molar-refractivity contribution is 6.02. The summed E-state index contributed by atoms with van der Waals surface area (Å²) in [6.07, 6.45) is 9.54. The minimum atomic E-state index is -0.139. The molecule has 0 bridgehead atoms. The molecule has 3 aromatic rings. The van der Waals surface area contributed by atoms with Crippen LogP contribution < -0.4 is 5.73 Å². The molecule has 0 radical (unpaired) electrons. The molecule has 3 heterocycles. The first-order valence-corrected chi connectivity index (χ1v) is 14.8. The topological polar surface area (TPSA) is 122 Å². The van der Waals surface area contributed by atoms with Crippen molar-refractivity contribution < 1.29 is 4.79 Å². The lowest BCUT2D eigenvalue weighted by atomic mass is 9.87. The van der Waals surface area contributed by atoms with E-state index < -0.39 is 0 Å². The van der Waals surface area contributed by atoms with E-state index >= 15 is 0 Å². The summed E-state index contributed by atoms with van der Waals surface area (Å²) in [6.45, 7) is 24.9. The van der Waals surface area contributed by atoms with E-state index in [2.05, 4.69) is 107 Å². The van der Waals surface area contributed by atoms with E-state index in [0.29, 0.717) is 5.69 Å². The average Bonchev–Trinajstić information content (AvgIpc) is 2.90. The van der Waals surface area contributed by atoms with Gasteiger partial charge in [-0.15, -0.1) is 12.4 Å². The molecular formula is C36H54ClN7O. The molecule has 0 unspecified atom stereocenters. The van der Waals surface area contributed by atoms with E-state index in [9.17, 15) is 4.79 Å². The number of ketones is 1. The normalized spacial score (nSPS) is 11.6. The molecule has 3 aromatic heterocycles. The highest BCUT2D eigenvalue weighted by atomic mass is 35.5. The molecule has 0 saturated carbocycles. The Morgan fingerprint density at radius 2 is 1.40 bits per heavy atom. The lowest BCUT2D eigenvalue weighted by Crippen LogP contribution is -2.27. The van der Waals surface area contributed by atoms with Crippen LogP contribution in [0.25, 0.3) is 11.4 Å². The van der Waals surface area contributed by atoms with Gasteiger partial charge in [-0.2, -0.15) is 4.98 Å². The van der Waals surface area contributed by atoms with Gasteiger partial charge in [0, 0.05) is 61.4 Å². The average molecular weight is 636 g/mol. The van der Waals surface area contributed by atoms with Crippen molar-refractivity contribution in [2.24, 2.45) is 11.1 Å². The Balaban J connectivity index is 0.000000706. The summed E-state index contributed by atoms with van der Waals surface area (Å²) in [4.78, 5) is 31.0. The molecule has 8 nitrogen and oxygen atoms in total. The molecule has 0 atom stereocenters. The van der Waals surface area contributed by atoms with Crippen LogP contribution in [0.3, 0.4) is 0 Å². The van der Waals surface area contributed by atoms with Crippen LogP contribution >= 0.6 is 12.4 Å². The van der Waals surface area contributed by atoms with E-state index in [1.54, 1.807) is 17.2 Å². The number of halogens is 1. The van der Waals surface area contributed by atoms with Crippen molar-refractivity contribution in [1.82, 2.24) is 24.8 Å². The summed E-state index contributed by atoms with van der Waals surface area (Å²) in [6, 6.07) is 10.8. The molecule has 0 aromatic carbocycles. The van der Waals surface area contributed by atoms with Crippen molar-refractivity contribution in [2.45, 2.75) is 99.3 Å². The molecule has 3 N–H and O–H groups in total. The minimum absolute atomic E-state index is 0.